The van der Waals surface area contributed by atoms with Gasteiger partial charge in [-0.05, 0) is 68.3 Å². The summed E-state index contributed by atoms with van der Waals surface area (Å²) in [6.45, 7) is 7.19. The molecule has 3 heterocycles. The Kier molecular flexibility index (Phi) is 7.97. The van der Waals surface area contributed by atoms with Gasteiger partial charge >= 0.3 is 5.91 Å². The molecule has 1 saturated heterocycles. The van der Waals surface area contributed by atoms with Crippen LogP contribution in [0.5, 0.6) is 17.2 Å². The first-order valence-electron chi connectivity index (χ1n) is 13.1. The molecule has 1 aliphatic heterocycles. The lowest BCUT2D eigenvalue weighted by Crippen LogP contribution is -2.29. The fraction of sp³-hybridized carbons (Fsp3) is 0.267. The number of aliphatic hydroxyl groups excluding tert-OH is 1. The molecule has 0 bridgehead atoms. The molecule has 1 amide bonds. The number of pyridine rings is 1. The van der Waals surface area contributed by atoms with Crippen LogP contribution in [0.25, 0.3) is 16.0 Å². The predicted molar refractivity (Wildman–Crippen MR) is 153 cm³/mol. The molecule has 5 rings (SSSR count). The van der Waals surface area contributed by atoms with Gasteiger partial charge in [-0.3, -0.25) is 19.5 Å². The minimum atomic E-state index is -0.959. The van der Waals surface area contributed by atoms with Gasteiger partial charge in [-0.2, -0.15) is 0 Å². The van der Waals surface area contributed by atoms with Crippen LogP contribution in [0.2, 0.25) is 0 Å². The van der Waals surface area contributed by atoms with Crippen molar-refractivity contribution >= 4 is 44.1 Å². The van der Waals surface area contributed by atoms with Crippen LogP contribution in [0.4, 0.5) is 5.13 Å². The van der Waals surface area contributed by atoms with E-state index < -0.39 is 17.7 Å². The third-order valence-electron chi connectivity index (χ3n) is 6.31. The summed E-state index contributed by atoms with van der Waals surface area (Å²) < 4.78 is 18.2. The van der Waals surface area contributed by atoms with Crippen molar-refractivity contribution in [3.8, 4) is 17.2 Å². The Hall–Kier alpha value is -4.44. The van der Waals surface area contributed by atoms with Gasteiger partial charge in [0.15, 0.2) is 16.6 Å². The highest BCUT2D eigenvalue weighted by molar-refractivity contribution is 7.22. The predicted octanol–water partition coefficient (Wildman–Crippen LogP) is 5.90. The third-order valence-corrected chi connectivity index (χ3v) is 7.33. The van der Waals surface area contributed by atoms with Crippen LogP contribution in [0.3, 0.4) is 0 Å². The first kappa shape index (κ1) is 27.1. The zero-order valence-corrected chi connectivity index (χ0v) is 23.2. The molecule has 40 heavy (non-hydrogen) atoms. The lowest BCUT2D eigenvalue weighted by molar-refractivity contribution is -0.132. The number of hydrogen-bond acceptors (Lipinski definition) is 9. The van der Waals surface area contributed by atoms with E-state index in [1.165, 1.54) is 28.6 Å². The Labute approximate surface area is 235 Å². The summed E-state index contributed by atoms with van der Waals surface area (Å²) >= 11 is 1.27. The lowest BCUT2D eigenvalue weighted by atomic mass is 9.95. The molecule has 10 heteroatoms. The van der Waals surface area contributed by atoms with Gasteiger partial charge in [-0.25, -0.2) is 4.98 Å². The number of Topliss-reactive ketones (excluding diaryl/α,β-unsaturated/α-hetero) is 1. The van der Waals surface area contributed by atoms with E-state index in [1.54, 1.807) is 30.3 Å². The zero-order chi connectivity index (χ0) is 28.2. The maximum absolute atomic E-state index is 13.6. The number of amides is 1. The van der Waals surface area contributed by atoms with Crippen LogP contribution >= 0.6 is 11.3 Å². The molecule has 1 aliphatic rings. The van der Waals surface area contributed by atoms with E-state index in [9.17, 15) is 14.7 Å². The van der Waals surface area contributed by atoms with E-state index in [4.69, 9.17) is 14.2 Å². The SMILES string of the molecule is CCCOc1ccc(C2C(=C(O)c3ccncc3)C(=O)C(=O)N2c2nc3ccc(OCC)cc3s2)cc1OCC. The number of aromatic nitrogens is 2. The van der Waals surface area contributed by atoms with Gasteiger partial charge in [-0.15, -0.1) is 0 Å². The fourth-order valence-corrected chi connectivity index (χ4v) is 5.58. The number of aliphatic hydroxyl groups is 1. The molecule has 1 atom stereocenters. The number of fused-ring (bicyclic) bond motifs is 1. The second-order valence-electron chi connectivity index (χ2n) is 8.95. The van der Waals surface area contributed by atoms with Crippen LogP contribution in [-0.2, 0) is 9.59 Å². The molecule has 0 aliphatic carbocycles. The van der Waals surface area contributed by atoms with Crippen LogP contribution in [0.15, 0.2) is 66.5 Å². The number of thiazole rings is 1. The van der Waals surface area contributed by atoms with Crippen molar-refractivity contribution in [2.75, 3.05) is 24.7 Å². The summed E-state index contributed by atoms with van der Waals surface area (Å²) in [6.07, 6.45) is 3.84. The summed E-state index contributed by atoms with van der Waals surface area (Å²) in [4.78, 5) is 37.2. The van der Waals surface area contributed by atoms with Gasteiger partial charge in [-0.1, -0.05) is 24.3 Å². The molecule has 0 radical (unpaired) electrons. The van der Waals surface area contributed by atoms with Crippen molar-refractivity contribution in [3.63, 3.8) is 0 Å². The summed E-state index contributed by atoms with van der Waals surface area (Å²) in [7, 11) is 0. The van der Waals surface area contributed by atoms with Gasteiger partial charge in [0.25, 0.3) is 5.78 Å². The first-order chi connectivity index (χ1) is 19.5. The molecule has 0 saturated carbocycles. The zero-order valence-electron chi connectivity index (χ0n) is 22.4. The molecule has 2 aromatic carbocycles. The first-order valence-corrected chi connectivity index (χ1v) is 13.9. The molecule has 0 spiro atoms. The van der Waals surface area contributed by atoms with Crippen molar-refractivity contribution in [3.05, 3.63) is 77.6 Å². The number of nitrogens with zero attached hydrogens (tertiary/aromatic N) is 3. The number of ether oxygens (including phenoxy) is 3. The van der Waals surface area contributed by atoms with Gasteiger partial charge in [0.1, 0.15) is 11.5 Å². The Morgan fingerprint density at radius 3 is 2.45 bits per heavy atom. The number of anilines is 1. The quantitative estimate of drug-likeness (QED) is 0.145. The number of carbonyl (C=O) groups excluding carboxylic acids is 2. The highest BCUT2D eigenvalue weighted by Crippen LogP contribution is 2.46. The van der Waals surface area contributed by atoms with Gasteiger partial charge in [0.2, 0.25) is 0 Å². The van der Waals surface area contributed by atoms with Gasteiger partial charge < -0.3 is 19.3 Å². The van der Waals surface area contributed by atoms with Crippen molar-refractivity contribution in [1.29, 1.82) is 0 Å². The summed E-state index contributed by atoms with van der Waals surface area (Å²) in [6, 6.07) is 13.0. The summed E-state index contributed by atoms with van der Waals surface area (Å²) in [5.74, 6) is -0.162. The number of rotatable bonds is 10. The summed E-state index contributed by atoms with van der Waals surface area (Å²) in [5.41, 5.74) is 1.56. The maximum Gasteiger partial charge on any atom is 0.301 e. The van der Waals surface area contributed by atoms with E-state index in [2.05, 4.69) is 9.97 Å². The molecule has 2 aromatic heterocycles. The molecule has 4 aromatic rings. The van der Waals surface area contributed by atoms with Crippen molar-refractivity contribution < 1.29 is 28.9 Å². The number of benzene rings is 2. The molecule has 206 valence electrons. The average molecular weight is 560 g/mol. The number of ketones is 1. The van der Waals surface area contributed by atoms with E-state index in [0.717, 1.165) is 11.1 Å². The van der Waals surface area contributed by atoms with Crippen LogP contribution in [-0.4, -0.2) is 46.6 Å². The highest BCUT2D eigenvalue weighted by Gasteiger charge is 2.48. The van der Waals surface area contributed by atoms with Crippen LogP contribution in [0.1, 0.15) is 44.4 Å². The Morgan fingerprint density at radius 2 is 1.73 bits per heavy atom. The van der Waals surface area contributed by atoms with E-state index in [0.29, 0.717) is 58.8 Å². The molecular formula is C30H29N3O6S. The molecule has 9 nitrogen and oxygen atoms in total. The minimum Gasteiger partial charge on any atom is -0.507 e. The van der Waals surface area contributed by atoms with Crippen LogP contribution in [0, 0.1) is 0 Å². The van der Waals surface area contributed by atoms with E-state index in [-0.39, 0.29) is 11.3 Å². The Morgan fingerprint density at radius 1 is 0.950 bits per heavy atom. The minimum absolute atomic E-state index is 0.0462. The highest BCUT2D eigenvalue weighted by atomic mass is 32.1. The maximum atomic E-state index is 13.6. The van der Waals surface area contributed by atoms with Crippen molar-refractivity contribution in [2.24, 2.45) is 0 Å². The third kappa shape index (κ3) is 5.10. The number of carbonyl (C=O) groups is 2. The molecular weight excluding hydrogens is 530 g/mol. The van der Waals surface area contributed by atoms with Gasteiger partial charge in [0.05, 0.1) is 41.7 Å². The van der Waals surface area contributed by atoms with Crippen molar-refractivity contribution in [2.45, 2.75) is 33.2 Å². The standard InChI is InChI=1S/C30H29N3O6S/c1-4-15-39-22-10-7-19(16-23(22)38-6-3)26-25(27(34)18-11-13-31-14-12-18)28(35)29(36)33(26)30-32-21-9-8-20(37-5-2)17-24(21)40-30/h7-14,16-17,26,34H,4-6,15H2,1-3H3. The second kappa shape index (κ2) is 11.7. The Bertz CT molecular complexity index is 1580. The van der Waals surface area contributed by atoms with E-state index >= 15 is 0 Å². The monoisotopic (exact) mass is 559 g/mol. The largest absolute Gasteiger partial charge is 0.507 e. The van der Waals surface area contributed by atoms with Gasteiger partial charge in [0, 0.05) is 18.0 Å². The topological polar surface area (TPSA) is 111 Å². The lowest BCUT2D eigenvalue weighted by Gasteiger charge is -2.24. The Balaban J connectivity index is 1.69. The smallest absolute Gasteiger partial charge is 0.301 e. The summed E-state index contributed by atoms with van der Waals surface area (Å²) in [5, 5.41) is 11.7. The number of hydrogen-bond donors (Lipinski definition) is 1. The molecule has 1 N–H and O–H groups in total. The van der Waals surface area contributed by atoms with Crippen molar-refractivity contribution in [1.82, 2.24) is 9.97 Å². The average Bonchev–Trinajstić information content (AvgIpc) is 3.50. The van der Waals surface area contributed by atoms with E-state index in [1.807, 2.05) is 39.0 Å². The molecule has 1 fully saturated rings. The second-order valence-corrected chi connectivity index (χ2v) is 9.96. The molecule has 1 unspecified atom stereocenters. The van der Waals surface area contributed by atoms with Crippen LogP contribution < -0.4 is 19.1 Å². The fourth-order valence-electron chi connectivity index (χ4n) is 4.56. The normalized spacial score (nSPS) is 16.5.